The molecule has 4 rings (SSSR count). The van der Waals surface area contributed by atoms with Gasteiger partial charge in [-0.15, -0.1) is 0 Å². The van der Waals surface area contributed by atoms with Crippen LogP contribution in [0.4, 0.5) is 0 Å². The zero-order valence-corrected chi connectivity index (χ0v) is 17.9. The van der Waals surface area contributed by atoms with Gasteiger partial charge in [0.15, 0.2) is 5.69 Å². The van der Waals surface area contributed by atoms with Crippen molar-refractivity contribution in [1.29, 1.82) is 0 Å². The Morgan fingerprint density at radius 1 is 1.24 bits per heavy atom. The molecule has 1 aromatic heterocycles. The van der Waals surface area contributed by atoms with E-state index in [1.807, 2.05) is 22.9 Å². The van der Waals surface area contributed by atoms with Crippen LogP contribution in [0, 0.1) is 0 Å². The van der Waals surface area contributed by atoms with Crippen LogP contribution in [0.15, 0.2) is 24.3 Å². The number of hydrogen-bond acceptors (Lipinski definition) is 4. The van der Waals surface area contributed by atoms with Gasteiger partial charge in [0.25, 0.3) is 5.91 Å². The monoisotopic (exact) mass is 398 g/mol. The summed E-state index contributed by atoms with van der Waals surface area (Å²) in [6.07, 6.45) is 5.32. The van der Waals surface area contributed by atoms with Crippen LogP contribution in [0.25, 0.3) is 10.9 Å². The minimum Gasteiger partial charge on any atom is -0.378 e. The fraction of sp³-hybridized carbons (Fsp3) is 0.652. The number of hydrogen-bond donors (Lipinski definition) is 1. The third-order valence-electron chi connectivity index (χ3n) is 6.61. The summed E-state index contributed by atoms with van der Waals surface area (Å²) in [6.45, 7) is 9.22. The lowest BCUT2D eigenvalue weighted by Crippen LogP contribution is -2.60. The molecule has 1 N–H and O–H groups in total. The Labute approximate surface area is 173 Å². The number of para-hydroxylation sites is 1. The Hall–Kier alpha value is -1.92. The molecule has 6 heteroatoms. The number of unbranched alkanes of at least 4 members (excludes halogenated alkanes) is 1. The summed E-state index contributed by atoms with van der Waals surface area (Å²) in [5.74, 6) is -0.0470. The van der Waals surface area contributed by atoms with Crippen molar-refractivity contribution in [2.24, 2.45) is 0 Å². The van der Waals surface area contributed by atoms with Gasteiger partial charge in [-0.25, -0.2) is 0 Å². The number of carbonyl (C=O) groups excluding carboxylic acids is 1. The van der Waals surface area contributed by atoms with E-state index in [1.165, 1.54) is 12.8 Å². The summed E-state index contributed by atoms with van der Waals surface area (Å²) in [6, 6.07) is 9.33. The van der Waals surface area contributed by atoms with Crippen LogP contribution in [0.5, 0.6) is 0 Å². The first-order valence-electron chi connectivity index (χ1n) is 11.2. The number of nitrogens with zero attached hydrogens (tertiary/aromatic N) is 3. The minimum absolute atomic E-state index is 0.0470. The molecule has 0 radical (unpaired) electrons. The van der Waals surface area contributed by atoms with Crippen LogP contribution in [-0.4, -0.2) is 58.5 Å². The zero-order valence-electron chi connectivity index (χ0n) is 17.9. The normalized spacial score (nSPS) is 25.8. The highest BCUT2D eigenvalue weighted by molar-refractivity contribution is 6.05. The molecule has 158 valence electrons. The molecule has 0 aliphatic carbocycles. The van der Waals surface area contributed by atoms with Gasteiger partial charge in [-0.2, -0.15) is 5.10 Å². The topological polar surface area (TPSA) is 59.4 Å². The highest BCUT2D eigenvalue weighted by Gasteiger charge is 2.39. The number of fused-ring (bicyclic) bond motifs is 3. The molecular formula is C23H34N4O2. The fourth-order valence-corrected chi connectivity index (χ4v) is 4.83. The van der Waals surface area contributed by atoms with Gasteiger partial charge in [0.1, 0.15) is 0 Å². The first-order chi connectivity index (χ1) is 14.1. The summed E-state index contributed by atoms with van der Waals surface area (Å²) in [7, 11) is 0. The van der Waals surface area contributed by atoms with Crippen molar-refractivity contribution in [3.63, 3.8) is 0 Å². The molecule has 0 spiro atoms. The zero-order chi connectivity index (χ0) is 20.4. The molecule has 3 atom stereocenters. The van der Waals surface area contributed by atoms with Gasteiger partial charge in [-0.1, -0.05) is 38.5 Å². The van der Waals surface area contributed by atoms with E-state index in [2.05, 4.69) is 37.1 Å². The predicted molar refractivity (Wildman–Crippen MR) is 115 cm³/mol. The molecule has 2 aliphatic rings. The number of ether oxygens (including phenoxy) is 1. The molecule has 3 heterocycles. The smallest absolute Gasteiger partial charge is 0.272 e. The van der Waals surface area contributed by atoms with Crippen molar-refractivity contribution in [3.05, 3.63) is 30.0 Å². The van der Waals surface area contributed by atoms with Crippen molar-refractivity contribution in [3.8, 4) is 0 Å². The van der Waals surface area contributed by atoms with E-state index < -0.39 is 0 Å². The van der Waals surface area contributed by atoms with Gasteiger partial charge in [-0.05, 0) is 45.2 Å². The van der Waals surface area contributed by atoms with Crippen LogP contribution >= 0.6 is 0 Å². The van der Waals surface area contributed by atoms with E-state index in [0.29, 0.717) is 17.8 Å². The van der Waals surface area contributed by atoms with Crippen molar-refractivity contribution in [2.75, 3.05) is 19.8 Å². The molecule has 29 heavy (non-hydrogen) atoms. The number of nitrogens with one attached hydrogen (secondary N) is 1. The number of morpholine rings is 1. The van der Waals surface area contributed by atoms with Crippen LogP contribution in [0.3, 0.4) is 0 Å². The Balaban J connectivity index is 1.50. The molecule has 2 unspecified atom stereocenters. The van der Waals surface area contributed by atoms with Crippen molar-refractivity contribution in [1.82, 2.24) is 20.0 Å². The second-order valence-electron chi connectivity index (χ2n) is 8.65. The molecular weight excluding hydrogens is 364 g/mol. The number of amides is 1. The van der Waals surface area contributed by atoms with E-state index >= 15 is 0 Å². The van der Waals surface area contributed by atoms with Crippen molar-refractivity contribution < 1.29 is 9.53 Å². The molecule has 2 aliphatic heterocycles. The van der Waals surface area contributed by atoms with Crippen LogP contribution in [0.2, 0.25) is 0 Å². The summed E-state index contributed by atoms with van der Waals surface area (Å²) in [5, 5.41) is 8.97. The summed E-state index contributed by atoms with van der Waals surface area (Å²) in [5.41, 5.74) is 1.59. The molecule has 1 aromatic carbocycles. The average molecular weight is 399 g/mol. The number of rotatable bonds is 7. The highest BCUT2D eigenvalue weighted by atomic mass is 16.5. The van der Waals surface area contributed by atoms with E-state index in [1.54, 1.807) is 0 Å². The second-order valence-corrected chi connectivity index (χ2v) is 8.65. The maximum atomic E-state index is 13.2. The highest BCUT2D eigenvalue weighted by Crippen LogP contribution is 2.29. The number of piperidine rings is 1. The fourth-order valence-electron chi connectivity index (χ4n) is 4.83. The Morgan fingerprint density at radius 2 is 1.97 bits per heavy atom. The maximum Gasteiger partial charge on any atom is 0.272 e. The molecule has 1 amide bonds. The lowest BCUT2D eigenvalue weighted by molar-refractivity contribution is -0.0802. The van der Waals surface area contributed by atoms with Gasteiger partial charge in [0, 0.05) is 29.6 Å². The third kappa shape index (κ3) is 4.05. The molecule has 2 fully saturated rings. The standard InChI is InChI=1S/C23H34N4O2/c1-4-6-11-26-18-12-17(13-19(26)15-29-14-18)24-23(28)22-20-9-7-8-10-21(20)27(25-22)16(3)5-2/h7-10,16-19H,4-6,11-15H2,1-3H3,(H,24,28)/t16-,17?,18?,19?/m1/s1. The van der Waals surface area contributed by atoms with E-state index in [-0.39, 0.29) is 18.0 Å². The SMILES string of the molecule is CCCCN1C2COCC1CC(NC(=O)c1nn([C@H](C)CC)c3ccccc13)C2. The lowest BCUT2D eigenvalue weighted by Gasteiger charge is -2.48. The lowest BCUT2D eigenvalue weighted by atomic mass is 9.89. The number of carbonyl (C=O) groups is 1. The van der Waals surface area contributed by atoms with Crippen LogP contribution in [-0.2, 0) is 4.74 Å². The molecule has 2 saturated heterocycles. The van der Waals surface area contributed by atoms with Crippen LogP contribution in [0.1, 0.15) is 69.4 Å². The third-order valence-corrected chi connectivity index (χ3v) is 6.61. The number of aromatic nitrogens is 2. The Bertz CT molecular complexity index is 835. The molecule has 2 bridgehead atoms. The number of benzene rings is 1. The van der Waals surface area contributed by atoms with Gasteiger partial charge >= 0.3 is 0 Å². The Kier molecular flexibility index (Phi) is 6.20. The largest absolute Gasteiger partial charge is 0.378 e. The molecule has 2 aromatic rings. The summed E-state index contributed by atoms with van der Waals surface area (Å²) in [4.78, 5) is 15.8. The van der Waals surface area contributed by atoms with Gasteiger partial charge in [0.2, 0.25) is 0 Å². The second kappa shape index (κ2) is 8.84. The summed E-state index contributed by atoms with van der Waals surface area (Å²) >= 11 is 0. The molecule has 6 nitrogen and oxygen atoms in total. The summed E-state index contributed by atoms with van der Waals surface area (Å²) < 4.78 is 7.81. The average Bonchev–Trinajstić information content (AvgIpc) is 3.11. The first kappa shape index (κ1) is 20.4. The quantitative estimate of drug-likeness (QED) is 0.771. The minimum atomic E-state index is -0.0470. The van der Waals surface area contributed by atoms with Crippen molar-refractivity contribution in [2.45, 2.75) is 77.0 Å². The first-order valence-corrected chi connectivity index (χ1v) is 11.2. The van der Waals surface area contributed by atoms with Crippen LogP contribution < -0.4 is 5.32 Å². The van der Waals surface area contributed by atoms with E-state index in [0.717, 1.165) is 49.9 Å². The van der Waals surface area contributed by atoms with Gasteiger partial charge in [0.05, 0.1) is 18.7 Å². The van der Waals surface area contributed by atoms with E-state index in [9.17, 15) is 4.79 Å². The van der Waals surface area contributed by atoms with E-state index in [4.69, 9.17) is 9.84 Å². The molecule has 0 saturated carbocycles. The van der Waals surface area contributed by atoms with Gasteiger partial charge < -0.3 is 10.1 Å². The Morgan fingerprint density at radius 3 is 2.66 bits per heavy atom. The van der Waals surface area contributed by atoms with Crippen molar-refractivity contribution >= 4 is 16.8 Å². The predicted octanol–water partition coefficient (Wildman–Crippen LogP) is 3.77. The maximum absolute atomic E-state index is 13.2. The van der Waals surface area contributed by atoms with Gasteiger partial charge in [-0.3, -0.25) is 14.4 Å².